The summed E-state index contributed by atoms with van der Waals surface area (Å²) in [4.78, 5) is 17.1. The fourth-order valence-electron chi connectivity index (χ4n) is 4.37. The predicted molar refractivity (Wildman–Crippen MR) is 94.1 cm³/mol. The highest BCUT2D eigenvalue weighted by Gasteiger charge is 2.35. The smallest absolute Gasteiger partial charge is 0.237 e. The van der Waals surface area contributed by atoms with E-state index in [-0.39, 0.29) is 17.8 Å². The van der Waals surface area contributed by atoms with Crippen LogP contribution in [0.5, 0.6) is 0 Å². The number of halogens is 1. The van der Waals surface area contributed by atoms with Crippen LogP contribution in [0.2, 0.25) is 0 Å². The lowest BCUT2D eigenvalue weighted by Crippen LogP contribution is -2.52. The van der Waals surface area contributed by atoms with Gasteiger partial charge in [0.1, 0.15) is 5.82 Å². The van der Waals surface area contributed by atoms with Gasteiger partial charge in [-0.1, -0.05) is 25.0 Å². The zero-order chi connectivity index (χ0) is 17.1. The van der Waals surface area contributed by atoms with Gasteiger partial charge in [-0.2, -0.15) is 0 Å². The van der Waals surface area contributed by atoms with Gasteiger partial charge in [-0.25, -0.2) is 4.39 Å². The molecule has 1 aliphatic carbocycles. The van der Waals surface area contributed by atoms with Crippen molar-refractivity contribution < 1.29 is 9.18 Å². The fourth-order valence-corrected chi connectivity index (χ4v) is 4.37. The molecule has 3 rings (SSSR count). The van der Waals surface area contributed by atoms with Crippen molar-refractivity contribution in [3.05, 3.63) is 35.6 Å². The molecule has 0 radical (unpaired) electrons. The van der Waals surface area contributed by atoms with E-state index in [9.17, 15) is 9.18 Å². The van der Waals surface area contributed by atoms with Crippen LogP contribution < -0.4 is 0 Å². The van der Waals surface area contributed by atoms with Crippen molar-refractivity contribution in [1.29, 1.82) is 0 Å². The molecule has 1 aromatic carbocycles. The third kappa shape index (κ3) is 3.80. The van der Waals surface area contributed by atoms with Crippen molar-refractivity contribution in [3.8, 4) is 0 Å². The van der Waals surface area contributed by atoms with Crippen LogP contribution in [0.25, 0.3) is 0 Å². The molecule has 0 N–H and O–H groups in total. The summed E-state index contributed by atoms with van der Waals surface area (Å²) in [5, 5.41) is 0. The van der Waals surface area contributed by atoms with E-state index in [0.717, 1.165) is 24.4 Å². The second kappa shape index (κ2) is 7.64. The maximum atomic E-state index is 13.1. The first-order valence-electron chi connectivity index (χ1n) is 9.31. The van der Waals surface area contributed by atoms with Crippen LogP contribution in [-0.2, 0) is 4.79 Å². The molecule has 1 saturated heterocycles. The molecule has 0 bridgehead atoms. The highest BCUT2D eigenvalue weighted by Crippen LogP contribution is 2.35. The molecular formula is C20H29FN2O. The Labute approximate surface area is 144 Å². The molecule has 0 spiro atoms. The Morgan fingerprint density at radius 3 is 2.62 bits per heavy atom. The lowest BCUT2D eigenvalue weighted by atomic mass is 9.78. The lowest BCUT2D eigenvalue weighted by Gasteiger charge is -2.44. The maximum Gasteiger partial charge on any atom is 0.237 e. The molecule has 3 atom stereocenters. The molecule has 1 amide bonds. The number of likely N-dealkylation sites (tertiary alicyclic amines) is 1. The van der Waals surface area contributed by atoms with E-state index in [4.69, 9.17) is 0 Å². The Morgan fingerprint density at radius 1 is 1.21 bits per heavy atom. The minimum Gasteiger partial charge on any atom is -0.338 e. The van der Waals surface area contributed by atoms with Gasteiger partial charge in [-0.3, -0.25) is 9.69 Å². The molecular weight excluding hydrogens is 303 g/mol. The van der Waals surface area contributed by atoms with Crippen LogP contribution in [0.1, 0.15) is 57.1 Å². The summed E-state index contributed by atoms with van der Waals surface area (Å²) < 4.78 is 13.1. The van der Waals surface area contributed by atoms with Crippen LogP contribution >= 0.6 is 0 Å². The molecule has 3 nitrogen and oxygen atoms in total. The van der Waals surface area contributed by atoms with Gasteiger partial charge in [0.25, 0.3) is 0 Å². The molecule has 0 aromatic heterocycles. The number of benzene rings is 1. The normalized spacial score (nSPS) is 25.4. The molecule has 2 fully saturated rings. The summed E-state index contributed by atoms with van der Waals surface area (Å²) in [5.74, 6) is 0.751. The van der Waals surface area contributed by atoms with Gasteiger partial charge in [0, 0.05) is 18.6 Å². The Balaban J connectivity index is 1.61. The molecule has 1 aromatic rings. The van der Waals surface area contributed by atoms with Gasteiger partial charge in [0.15, 0.2) is 0 Å². The standard InChI is InChI=1S/C20H29FN2O/c1-15(16-9-11-18(21)12-10-16)22(2)14-20(24)23-13-5-7-17-6-3-4-8-19(17)23/h9-12,15,17,19H,3-8,13-14H2,1-2H3. The van der Waals surface area contributed by atoms with Crippen molar-refractivity contribution >= 4 is 5.91 Å². The fraction of sp³-hybridized carbons (Fsp3) is 0.650. The Kier molecular flexibility index (Phi) is 5.54. The second-order valence-corrected chi connectivity index (χ2v) is 7.48. The SMILES string of the molecule is CC(c1ccc(F)cc1)N(C)CC(=O)N1CCCC2CCCCC21. The van der Waals surface area contributed by atoms with E-state index in [1.54, 1.807) is 12.1 Å². The second-order valence-electron chi connectivity index (χ2n) is 7.48. The van der Waals surface area contributed by atoms with Gasteiger partial charge in [-0.05, 0) is 63.3 Å². The van der Waals surface area contributed by atoms with Gasteiger partial charge in [0.2, 0.25) is 5.91 Å². The van der Waals surface area contributed by atoms with E-state index in [1.807, 2.05) is 7.05 Å². The highest BCUT2D eigenvalue weighted by atomic mass is 19.1. The molecule has 1 aliphatic heterocycles. The quantitative estimate of drug-likeness (QED) is 0.832. The Bertz CT molecular complexity index is 557. The zero-order valence-corrected chi connectivity index (χ0v) is 14.9. The van der Waals surface area contributed by atoms with Crippen LogP contribution in [0.15, 0.2) is 24.3 Å². The molecule has 1 saturated carbocycles. The van der Waals surface area contributed by atoms with E-state index >= 15 is 0 Å². The van der Waals surface area contributed by atoms with E-state index in [0.29, 0.717) is 12.6 Å². The minimum absolute atomic E-state index is 0.0986. The van der Waals surface area contributed by atoms with Gasteiger partial charge < -0.3 is 4.90 Å². The van der Waals surface area contributed by atoms with Gasteiger partial charge in [0.05, 0.1) is 6.54 Å². The molecule has 132 valence electrons. The predicted octanol–water partition coefficient (Wildman–Crippen LogP) is 4.00. The van der Waals surface area contributed by atoms with E-state index in [1.165, 1.54) is 44.2 Å². The number of piperidine rings is 1. The van der Waals surface area contributed by atoms with Crippen molar-refractivity contribution in [2.24, 2.45) is 5.92 Å². The van der Waals surface area contributed by atoms with Crippen molar-refractivity contribution in [1.82, 2.24) is 9.80 Å². The topological polar surface area (TPSA) is 23.6 Å². The number of carbonyl (C=O) groups is 1. The maximum absolute atomic E-state index is 13.1. The number of hydrogen-bond acceptors (Lipinski definition) is 2. The number of hydrogen-bond donors (Lipinski definition) is 0. The summed E-state index contributed by atoms with van der Waals surface area (Å²) in [5.41, 5.74) is 1.04. The van der Waals surface area contributed by atoms with Crippen LogP contribution in [0, 0.1) is 11.7 Å². The third-order valence-electron chi connectivity index (χ3n) is 5.96. The molecule has 24 heavy (non-hydrogen) atoms. The molecule has 1 heterocycles. The van der Waals surface area contributed by atoms with E-state index in [2.05, 4.69) is 16.7 Å². The summed E-state index contributed by atoms with van der Waals surface area (Å²) in [7, 11) is 1.98. The summed E-state index contributed by atoms with van der Waals surface area (Å²) in [6.07, 6.45) is 7.47. The largest absolute Gasteiger partial charge is 0.338 e. The summed E-state index contributed by atoms with van der Waals surface area (Å²) >= 11 is 0. The first-order valence-corrected chi connectivity index (χ1v) is 9.31. The van der Waals surface area contributed by atoms with Gasteiger partial charge in [-0.15, -0.1) is 0 Å². The van der Waals surface area contributed by atoms with Crippen LogP contribution in [0.3, 0.4) is 0 Å². The Hall–Kier alpha value is -1.42. The van der Waals surface area contributed by atoms with Gasteiger partial charge >= 0.3 is 0 Å². The summed E-state index contributed by atoms with van der Waals surface area (Å²) in [6, 6.07) is 7.14. The Morgan fingerprint density at radius 2 is 1.88 bits per heavy atom. The van der Waals surface area contributed by atoms with Crippen molar-refractivity contribution in [2.45, 2.75) is 57.5 Å². The zero-order valence-electron chi connectivity index (χ0n) is 14.9. The third-order valence-corrected chi connectivity index (χ3v) is 5.96. The number of rotatable bonds is 4. The average Bonchev–Trinajstić information content (AvgIpc) is 2.61. The number of carbonyl (C=O) groups excluding carboxylic acids is 1. The minimum atomic E-state index is -0.221. The molecule has 3 unspecified atom stereocenters. The van der Waals surface area contributed by atoms with Crippen molar-refractivity contribution in [2.75, 3.05) is 20.1 Å². The first-order chi connectivity index (χ1) is 11.6. The highest BCUT2D eigenvalue weighted by molar-refractivity contribution is 5.78. The number of amides is 1. The van der Waals surface area contributed by atoms with E-state index < -0.39 is 0 Å². The summed E-state index contributed by atoms with van der Waals surface area (Å²) in [6.45, 7) is 3.42. The first kappa shape index (κ1) is 17.4. The van der Waals surface area contributed by atoms with Crippen LogP contribution in [-0.4, -0.2) is 41.9 Å². The number of nitrogens with zero attached hydrogens (tertiary/aromatic N) is 2. The lowest BCUT2D eigenvalue weighted by molar-refractivity contribution is -0.138. The molecule has 4 heteroatoms. The number of fused-ring (bicyclic) bond motifs is 1. The average molecular weight is 332 g/mol. The van der Waals surface area contributed by atoms with Crippen LogP contribution in [0.4, 0.5) is 4.39 Å². The molecule has 2 aliphatic rings. The number of likely N-dealkylation sites (N-methyl/N-ethyl adjacent to an activating group) is 1. The monoisotopic (exact) mass is 332 g/mol. The van der Waals surface area contributed by atoms with Crippen molar-refractivity contribution in [3.63, 3.8) is 0 Å².